The molecule has 0 N–H and O–H groups in total. The highest BCUT2D eigenvalue weighted by atomic mass is 16.5. The van der Waals surface area contributed by atoms with Crippen LogP contribution in [0.25, 0.3) is 0 Å². The first-order valence-corrected chi connectivity index (χ1v) is 23.8. The predicted molar refractivity (Wildman–Crippen MR) is 231 cm³/mol. The van der Waals surface area contributed by atoms with Gasteiger partial charge in [-0.3, -0.25) is 9.59 Å². The Morgan fingerprint density at radius 1 is 0.415 bits per heavy atom. The Balaban J connectivity index is 4.16. The molecule has 0 heterocycles. The second-order valence-electron chi connectivity index (χ2n) is 17.2. The zero-order valence-electron chi connectivity index (χ0n) is 37.1. The normalized spacial score (nSPS) is 11.9. The van der Waals surface area contributed by atoms with Gasteiger partial charge < -0.3 is 14.4 Å². The summed E-state index contributed by atoms with van der Waals surface area (Å²) in [7, 11) is 2.27. The Morgan fingerprint density at radius 3 is 1.06 bits per heavy atom. The van der Waals surface area contributed by atoms with E-state index in [0.717, 1.165) is 56.3 Å². The highest BCUT2D eigenvalue weighted by Crippen LogP contribution is 2.24. The molecule has 0 saturated carbocycles. The van der Waals surface area contributed by atoms with E-state index in [0.29, 0.717) is 32.1 Å². The van der Waals surface area contributed by atoms with Gasteiger partial charge in [-0.2, -0.15) is 0 Å². The van der Waals surface area contributed by atoms with Crippen molar-refractivity contribution in [2.75, 3.05) is 26.8 Å². The van der Waals surface area contributed by atoms with E-state index in [-0.39, 0.29) is 11.9 Å². The fourth-order valence-corrected chi connectivity index (χ4v) is 7.83. The zero-order valence-corrected chi connectivity index (χ0v) is 37.1. The summed E-state index contributed by atoms with van der Waals surface area (Å²) in [5.74, 6) is 2.23. The van der Waals surface area contributed by atoms with Crippen molar-refractivity contribution in [1.82, 2.24) is 4.90 Å². The van der Waals surface area contributed by atoms with E-state index in [1.54, 1.807) is 0 Å². The molecule has 316 valence electrons. The minimum atomic E-state index is 0.0114. The molecule has 0 amide bonds. The van der Waals surface area contributed by atoms with Gasteiger partial charge in [-0.25, -0.2) is 0 Å². The van der Waals surface area contributed by atoms with E-state index in [1.807, 2.05) is 0 Å². The van der Waals surface area contributed by atoms with E-state index in [4.69, 9.17) is 9.47 Å². The number of carbonyl (C=O) groups excluding carboxylic acids is 2. The standard InChI is InChI=1S/C48H95NO4/c1-8-12-22-30-44(31-23-13-9-2)38-40-52-47(50)36-28-20-16-18-26-34-46(42-49(7)43(5)6)35-27-19-17-21-29-37-48(51)53-41-39-45(32-24-14-10-3)33-25-15-11-4/h43-46H,8-42H2,1-7H3. The van der Waals surface area contributed by atoms with Crippen LogP contribution in [0.3, 0.4) is 0 Å². The van der Waals surface area contributed by atoms with Gasteiger partial charge in [0.25, 0.3) is 0 Å². The Bertz CT molecular complexity index is 710. The third-order valence-corrected chi connectivity index (χ3v) is 11.9. The van der Waals surface area contributed by atoms with Gasteiger partial charge in [-0.1, -0.05) is 182 Å². The van der Waals surface area contributed by atoms with Crippen LogP contribution >= 0.6 is 0 Å². The molecule has 0 rings (SSSR count). The molecule has 0 aliphatic rings. The molecule has 53 heavy (non-hydrogen) atoms. The second-order valence-corrected chi connectivity index (χ2v) is 17.2. The lowest BCUT2D eigenvalue weighted by atomic mass is 9.92. The molecule has 0 spiro atoms. The molecule has 0 fully saturated rings. The van der Waals surface area contributed by atoms with Gasteiger partial charge >= 0.3 is 11.9 Å². The minimum Gasteiger partial charge on any atom is -0.466 e. The second kappa shape index (κ2) is 39.1. The van der Waals surface area contributed by atoms with Crippen molar-refractivity contribution >= 4 is 11.9 Å². The first kappa shape index (κ1) is 51.9. The monoisotopic (exact) mass is 750 g/mol. The van der Waals surface area contributed by atoms with Crippen LogP contribution < -0.4 is 0 Å². The molecule has 0 bridgehead atoms. The van der Waals surface area contributed by atoms with Crippen molar-refractivity contribution in [3.63, 3.8) is 0 Å². The van der Waals surface area contributed by atoms with E-state index in [2.05, 4.69) is 53.5 Å². The molecular formula is C48H95NO4. The molecule has 5 nitrogen and oxygen atoms in total. The summed E-state index contributed by atoms with van der Waals surface area (Å²) in [5.41, 5.74) is 0. The van der Waals surface area contributed by atoms with Crippen LogP contribution in [-0.2, 0) is 19.1 Å². The third-order valence-electron chi connectivity index (χ3n) is 11.9. The molecule has 0 unspecified atom stereocenters. The summed E-state index contributed by atoms with van der Waals surface area (Å²) in [4.78, 5) is 27.3. The average Bonchev–Trinajstić information content (AvgIpc) is 3.13. The van der Waals surface area contributed by atoms with Gasteiger partial charge in [0.2, 0.25) is 0 Å². The molecular weight excluding hydrogens is 655 g/mol. The molecule has 0 aromatic heterocycles. The summed E-state index contributed by atoms with van der Waals surface area (Å²) >= 11 is 0. The highest BCUT2D eigenvalue weighted by molar-refractivity contribution is 5.69. The smallest absolute Gasteiger partial charge is 0.305 e. The van der Waals surface area contributed by atoms with Gasteiger partial charge in [-0.05, 0) is 77.2 Å². The third kappa shape index (κ3) is 35.1. The van der Waals surface area contributed by atoms with Crippen molar-refractivity contribution in [1.29, 1.82) is 0 Å². The van der Waals surface area contributed by atoms with Gasteiger partial charge in [0.15, 0.2) is 0 Å². The summed E-state index contributed by atoms with van der Waals surface area (Å²) in [6.07, 6.45) is 38.4. The van der Waals surface area contributed by atoms with Crippen molar-refractivity contribution in [2.24, 2.45) is 17.8 Å². The van der Waals surface area contributed by atoms with Gasteiger partial charge in [0.1, 0.15) is 0 Å². The van der Waals surface area contributed by atoms with E-state index in [1.165, 1.54) is 161 Å². The van der Waals surface area contributed by atoms with E-state index < -0.39 is 0 Å². The number of hydrogen-bond donors (Lipinski definition) is 0. The maximum Gasteiger partial charge on any atom is 0.305 e. The topological polar surface area (TPSA) is 55.8 Å². The van der Waals surface area contributed by atoms with Crippen LogP contribution in [0.4, 0.5) is 0 Å². The fraction of sp³-hybridized carbons (Fsp3) is 0.958. The lowest BCUT2D eigenvalue weighted by Gasteiger charge is -2.27. The highest BCUT2D eigenvalue weighted by Gasteiger charge is 2.15. The average molecular weight is 750 g/mol. The molecule has 5 heteroatoms. The maximum atomic E-state index is 12.4. The van der Waals surface area contributed by atoms with Gasteiger partial charge in [0, 0.05) is 25.4 Å². The summed E-state index contributed by atoms with van der Waals surface area (Å²) in [6, 6.07) is 0.581. The first-order chi connectivity index (χ1) is 25.8. The summed E-state index contributed by atoms with van der Waals surface area (Å²) < 4.78 is 11.3. The van der Waals surface area contributed by atoms with Crippen LogP contribution in [0.5, 0.6) is 0 Å². The largest absolute Gasteiger partial charge is 0.466 e. The number of rotatable bonds is 41. The first-order valence-electron chi connectivity index (χ1n) is 23.8. The number of esters is 2. The number of ether oxygens (including phenoxy) is 2. The van der Waals surface area contributed by atoms with Crippen molar-refractivity contribution < 1.29 is 19.1 Å². The molecule has 0 atom stereocenters. The Morgan fingerprint density at radius 2 is 0.717 bits per heavy atom. The Hall–Kier alpha value is -1.10. The number of hydrogen-bond acceptors (Lipinski definition) is 5. The minimum absolute atomic E-state index is 0.0114. The number of carbonyl (C=O) groups is 2. The van der Waals surface area contributed by atoms with Crippen LogP contribution in [0, 0.1) is 17.8 Å². The molecule has 0 aromatic carbocycles. The summed E-state index contributed by atoms with van der Waals surface area (Å²) in [6.45, 7) is 16.1. The van der Waals surface area contributed by atoms with Gasteiger partial charge in [0.05, 0.1) is 13.2 Å². The van der Waals surface area contributed by atoms with Crippen molar-refractivity contribution in [3.8, 4) is 0 Å². The fourth-order valence-electron chi connectivity index (χ4n) is 7.83. The lowest BCUT2D eigenvalue weighted by molar-refractivity contribution is -0.145. The summed E-state index contributed by atoms with van der Waals surface area (Å²) in [5, 5.41) is 0. The quantitative estimate of drug-likeness (QED) is 0.0460. The predicted octanol–water partition coefficient (Wildman–Crippen LogP) is 14.8. The Labute approximate surface area is 332 Å². The molecule has 0 aliphatic carbocycles. The molecule has 0 aliphatic heterocycles. The molecule has 0 aromatic rings. The number of nitrogens with zero attached hydrogens (tertiary/aromatic N) is 1. The van der Waals surface area contributed by atoms with Crippen LogP contribution in [0.2, 0.25) is 0 Å². The van der Waals surface area contributed by atoms with Crippen molar-refractivity contribution in [2.45, 2.75) is 253 Å². The zero-order chi connectivity index (χ0) is 39.2. The van der Waals surface area contributed by atoms with Crippen molar-refractivity contribution in [3.05, 3.63) is 0 Å². The molecule has 0 saturated heterocycles. The maximum absolute atomic E-state index is 12.4. The van der Waals surface area contributed by atoms with Crippen LogP contribution in [-0.4, -0.2) is 49.7 Å². The Kier molecular flexibility index (Phi) is 38.3. The number of unbranched alkanes of at least 4 members (excludes halogenated alkanes) is 16. The van der Waals surface area contributed by atoms with Crippen LogP contribution in [0.15, 0.2) is 0 Å². The van der Waals surface area contributed by atoms with Gasteiger partial charge in [-0.15, -0.1) is 0 Å². The molecule has 0 radical (unpaired) electrons. The van der Waals surface area contributed by atoms with Crippen LogP contribution in [0.1, 0.15) is 247 Å². The van der Waals surface area contributed by atoms with E-state index in [9.17, 15) is 9.59 Å². The SMILES string of the molecule is CCCCCC(CCCCC)CCOC(=O)CCCCCCCC(CCCCCCCC(=O)OCCC(CCCCC)CCCCC)CN(C)C(C)C. The van der Waals surface area contributed by atoms with E-state index >= 15 is 0 Å². The lowest BCUT2D eigenvalue weighted by Crippen LogP contribution is -2.31.